The molecule has 2 atom stereocenters. The molecule has 122 valence electrons. The Kier molecular flexibility index (Phi) is 5.66. The first-order valence-corrected chi connectivity index (χ1v) is 8.30. The van der Waals surface area contributed by atoms with Crippen LogP contribution >= 0.6 is 11.6 Å². The quantitative estimate of drug-likeness (QED) is 0.823. The van der Waals surface area contributed by atoms with Gasteiger partial charge in [0.25, 0.3) is 0 Å². The van der Waals surface area contributed by atoms with Gasteiger partial charge in [0.2, 0.25) is 0 Å². The van der Waals surface area contributed by atoms with E-state index in [9.17, 15) is 0 Å². The van der Waals surface area contributed by atoms with Crippen molar-refractivity contribution in [2.24, 2.45) is 0 Å². The standard InChI is InChI=1S/C16H24ClN3O2/c1-21-6-4-20-5-7-22-16-2-3-19(12-15(16)20)11-13-8-14(17)10-18-9-13/h8-10,15-16H,2-7,11-12H2,1H3/t15-,16-/m1/s1. The summed E-state index contributed by atoms with van der Waals surface area (Å²) in [6, 6.07) is 2.46. The number of hydrogen-bond donors (Lipinski definition) is 0. The lowest BCUT2D eigenvalue weighted by molar-refractivity contribution is -0.107. The summed E-state index contributed by atoms with van der Waals surface area (Å²) >= 11 is 6.03. The first kappa shape index (κ1) is 16.1. The van der Waals surface area contributed by atoms with Crippen LogP contribution in [0.1, 0.15) is 12.0 Å². The highest BCUT2D eigenvalue weighted by Gasteiger charge is 2.36. The largest absolute Gasteiger partial charge is 0.383 e. The van der Waals surface area contributed by atoms with Crippen LogP contribution < -0.4 is 0 Å². The maximum atomic E-state index is 6.03. The number of pyridine rings is 1. The SMILES string of the molecule is COCCN1CCO[C@@H]2CCN(Cc3cncc(Cl)c3)C[C@H]21. The van der Waals surface area contributed by atoms with E-state index in [1.165, 1.54) is 5.56 Å². The van der Waals surface area contributed by atoms with Gasteiger partial charge in [-0.15, -0.1) is 0 Å². The van der Waals surface area contributed by atoms with E-state index < -0.39 is 0 Å². The monoisotopic (exact) mass is 325 g/mol. The van der Waals surface area contributed by atoms with E-state index in [2.05, 4.69) is 14.8 Å². The van der Waals surface area contributed by atoms with E-state index in [0.717, 1.165) is 52.4 Å². The summed E-state index contributed by atoms with van der Waals surface area (Å²) in [6.45, 7) is 6.58. The van der Waals surface area contributed by atoms with Crippen molar-refractivity contribution >= 4 is 11.6 Å². The van der Waals surface area contributed by atoms with Crippen LogP contribution in [-0.2, 0) is 16.0 Å². The average Bonchev–Trinajstić information content (AvgIpc) is 2.53. The van der Waals surface area contributed by atoms with Crippen molar-refractivity contribution in [3.8, 4) is 0 Å². The number of methoxy groups -OCH3 is 1. The molecule has 0 aromatic carbocycles. The van der Waals surface area contributed by atoms with Crippen LogP contribution in [0.5, 0.6) is 0 Å². The summed E-state index contributed by atoms with van der Waals surface area (Å²) in [5.41, 5.74) is 1.17. The van der Waals surface area contributed by atoms with Crippen molar-refractivity contribution in [2.75, 3.05) is 46.5 Å². The molecule has 6 heteroatoms. The van der Waals surface area contributed by atoms with Crippen LogP contribution in [0.2, 0.25) is 5.02 Å². The molecule has 22 heavy (non-hydrogen) atoms. The molecule has 2 saturated heterocycles. The molecule has 0 unspecified atom stereocenters. The van der Waals surface area contributed by atoms with Gasteiger partial charge in [0.1, 0.15) is 0 Å². The van der Waals surface area contributed by atoms with Gasteiger partial charge in [-0.1, -0.05) is 11.6 Å². The number of morpholine rings is 1. The Hall–Kier alpha value is -0.720. The zero-order valence-electron chi connectivity index (χ0n) is 13.1. The van der Waals surface area contributed by atoms with Gasteiger partial charge in [-0.25, -0.2) is 0 Å². The summed E-state index contributed by atoms with van der Waals surface area (Å²) < 4.78 is 11.2. The highest BCUT2D eigenvalue weighted by molar-refractivity contribution is 6.30. The predicted molar refractivity (Wildman–Crippen MR) is 86.1 cm³/mol. The van der Waals surface area contributed by atoms with Gasteiger partial charge in [0.15, 0.2) is 0 Å². The second kappa shape index (κ2) is 7.70. The fraction of sp³-hybridized carbons (Fsp3) is 0.688. The number of rotatable bonds is 5. The van der Waals surface area contributed by atoms with Gasteiger partial charge in [-0.2, -0.15) is 0 Å². The van der Waals surface area contributed by atoms with E-state index in [-0.39, 0.29) is 0 Å². The summed E-state index contributed by atoms with van der Waals surface area (Å²) in [5.74, 6) is 0. The number of piperidine rings is 1. The fourth-order valence-corrected chi connectivity index (χ4v) is 3.63. The summed E-state index contributed by atoms with van der Waals surface area (Å²) in [4.78, 5) is 9.17. The van der Waals surface area contributed by atoms with E-state index in [4.69, 9.17) is 21.1 Å². The second-order valence-electron chi connectivity index (χ2n) is 6.04. The molecule has 0 aliphatic carbocycles. The van der Waals surface area contributed by atoms with Gasteiger partial charge in [-0.05, 0) is 18.1 Å². The molecular formula is C16H24ClN3O2. The highest BCUT2D eigenvalue weighted by atomic mass is 35.5. The molecule has 0 saturated carbocycles. The summed E-state index contributed by atoms with van der Waals surface area (Å²) in [6.07, 6.45) is 5.03. The third kappa shape index (κ3) is 3.97. The molecule has 1 aromatic rings. The maximum absolute atomic E-state index is 6.03. The topological polar surface area (TPSA) is 37.8 Å². The van der Waals surface area contributed by atoms with E-state index in [1.54, 1.807) is 13.3 Å². The van der Waals surface area contributed by atoms with Gasteiger partial charge < -0.3 is 9.47 Å². The molecule has 5 nitrogen and oxygen atoms in total. The Morgan fingerprint density at radius 3 is 3.14 bits per heavy atom. The Bertz CT molecular complexity index is 488. The van der Waals surface area contributed by atoms with Crippen molar-refractivity contribution in [1.82, 2.24) is 14.8 Å². The first-order valence-electron chi connectivity index (χ1n) is 7.92. The molecule has 0 spiro atoms. The van der Waals surface area contributed by atoms with Crippen LogP contribution in [0, 0.1) is 0 Å². The average molecular weight is 326 g/mol. The van der Waals surface area contributed by atoms with E-state index in [0.29, 0.717) is 17.2 Å². The van der Waals surface area contributed by atoms with E-state index >= 15 is 0 Å². The van der Waals surface area contributed by atoms with Crippen molar-refractivity contribution < 1.29 is 9.47 Å². The normalized spacial score (nSPS) is 26.8. The minimum absolute atomic E-state index is 0.361. The zero-order chi connectivity index (χ0) is 15.4. The molecule has 3 rings (SSSR count). The molecule has 2 aliphatic rings. The molecule has 2 aliphatic heterocycles. The Labute approximate surface area is 137 Å². The number of ether oxygens (including phenoxy) is 2. The van der Waals surface area contributed by atoms with Crippen molar-refractivity contribution in [3.63, 3.8) is 0 Å². The molecule has 0 radical (unpaired) electrons. The third-order valence-electron chi connectivity index (χ3n) is 4.53. The van der Waals surface area contributed by atoms with Crippen LogP contribution in [0.4, 0.5) is 0 Å². The van der Waals surface area contributed by atoms with Crippen molar-refractivity contribution in [1.29, 1.82) is 0 Å². The number of halogens is 1. The van der Waals surface area contributed by atoms with Gasteiger partial charge in [-0.3, -0.25) is 14.8 Å². The molecule has 1 aromatic heterocycles. The number of nitrogens with zero attached hydrogens (tertiary/aromatic N) is 3. The van der Waals surface area contributed by atoms with E-state index in [1.807, 2.05) is 12.3 Å². The molecule has 3 heterocycles. The summed E-state index contributed by atoms with van der Waals surface area (Å²) in [5, 5.41) is 0.704. The second-order valence-corrected chi connectivity index (χ2v) is 6.48. The maximum Gasteiger partial charge on any atom is 0.0755 e. The van der Waals surface area contributed by atoms with Crippen LogP contribution in [0.25, 0.3) is 0 Å². The summed E-state index contributed by atoms with van der Waals surface area (Å²) in [7, 11) is 1.76. The molecule has 0 amide bonds. The molecule has 0 N–H and O–H groups in total. The van der Waals surface area contributed by atoms with Gasteiger partial charge in [0, 0.05) is 58.3 Å². The Balaban J connectivity index is 1.61. The zero-order valence-corrected chi connectivity index (χ0v) is 13.8. The molecule has 2 fully saturated rings. The van der Waals surface area contributed by atoms with Gasteiger partial charge in [0.05, 0.1) is 24.3 Å². The Morgan fingerprint density at radius 1 is 1.41 bits per heavy atom. The van der Waals surface area contributed by atoms with Crippen LogP contribution in [0.3, 0.4) is 0 Å². The lowest BCUT2D eigenvalue weighted by atomic mass is 9.98. The lowest BCUT2D eigenvalue weighted by Gasteiger charge is -2.47. The van der Waals surface area contributed by atoms with Crippen molar-refractivity contribution in [3.05, 3.63) is 29.0 Å². The number of likely N-dealkylation sites (tertiary alicyclic amines) is 1. The molecule has 0 bridgehead atoms. The number of fused-ring (bicyclic) bond motifs is 1. The van der Waals surface area contributed by atoms with Crippen LogP contribution in [0.15, 0.2) is 18.5 Å². The highest BCUT2D eigenvalue weighted by Crippen LogP contribution is 2.24. The predicted octanol–water partition coefficient (Wildman–Crippen LogP) is 1.66. The van der Waals surface area contributed by atoms with Gasteiger partial charge >= 0.3 is 0 Å². The van der Waals surface area contributed by atoms with Crippen LogP contribution in [-0.4, -0.2) is 73.4 Å². The minimum atomic E-state index is 0.361. The first-order chi connectivity index (χ1) is 10.8. The smallest absolute Gasteiger partial charge is 0.0755 e. The van der Waals surface area contributed by atoms with Crippen molar-refractivity contribution in [2.45, 2.75) is 25.1 Å². The lowest BCUT2D eigenvalue weighted by Crippen LogP contribution is -2.60. The minimum Gasteiger partial charge on any atom is -0.383 e. The number of hydrogen-bond acceptors (Lipinski definition) is 5. The molecular weight excluding hydrogens is 302 g/mol. The fourth-order valence-electron chi connectivity index (χ4n) is 3.44. The number of aromatic nitrogens is 1. The Morgan fingerprint density at radius 2 is 2.32 bits per heavy atom. The third-order valence-corrected chi connectivity index (χ3v) is 4.74.